The Labute approximate surface area is 112 Å². The summed E-state index contributed by atoms with van der Waals surface area (Å²) in [6.45, 7) is 0.278. The van der Waals surface area contributed by atoms with Crippen LogP contribution in [0.25, 0.3) is 0 Å². The Morgan fingerprint density at radius 2 is 2.28 bits per heavy atom. The average Bonchev–Trinajstić information content (AvgIpc) is 2.72. The van der Waals surface area contributed by atoms with Crippen LogP contribution in [0.5, 0.6) is 0 Å². The van der Waals surface area contributed by atoms with E-state index in [2.05, 4.69) is 15.9 Å². The van der Waals surface area contributed by atoms with Crippen molar-refractivity contribution in [3.63, 3.8) is 0 Å². The Balaban J connectivity index is 2.30. The van der Waals surface area contributed by atoms with Crippen molar-refractivity contribution in [1.29, 1.82) is 5.26 Å². The zero-order valence-corrected chi connectivity index (χ0v) is 11.0. The van der Waals surface area contributed by atoms with Crippen molar-refractivity contribution in [1.82, 2.24) is 0 Å². The van der Waals surface area contributed by atoms with Crippen LogP contribution >= 0.6 is 15.9 Å². The molecule has 1 unspecified atom stereocenters. The molecule has 5 nitrogen and oxygen atoms in total. The second-order valence-electron chi connectivity index (χ2n) is 4.08. The van der Waals surface area contributed by atoms with Crippen molar-refractivity contribution in [2.45, 2.75) is 6.42 Å². The van der Waals surface area contributed by atoms with Crippen molar-refractivity contribution in [3.8, 4) is 6.07 Å². The van der Waals surface area contributed by atoms with Gasteiger partial charge in [0.1, 0.15) is 6.07 Å². The summed E-state index contributed by atoms with van der Waals surface area (Å²) in [6, 6.07) is 7.08. The highest BCUT2D eigenvalue weighted by Gasteiger charge is 2.34. The molecule has 1 aliphatic rings. The quantitative estimate of drug-likeness (QED) is 0.889. The molecule has 2 N–H and O–H groups in total. The summed E-state index contributed by atoms with van der Waals surface area (Å²) < 4.78 is 0.673. The van der Waals surface area contributed by atoms with E-state index in [0.717, 1.165) is 0 Å². The minimum atomic E-state index is -0.469. The number of primary amides is 1. The lowest BCUT2D eigenvalue weighted by Gasteiger charge is -2.16. The molecule has 1 fully saturated rings. The first-order valence-corrected chi connectivity index (χ1v) is 6.11. The van der Waals surface area contributed by atoms with Crippen LogP contribution in [0.4, 0.5) is 5.69 Å². The van der Waals surface area contributed by atoms with Crippen molar-refractivity contribution >= 4 is 33.4 Å². The maximum absolute atomic E-state index is 11.8. The maximum Gasteiger partial charge on any atom is 0.227 e. The molecule has 1 aromatic carbocycles. The van der Waals surface area contributed by atoms with Gasteiger partial charge in [0.25, 0.3) is 0 Å². The van der Waals surface area contributed by atoms with E-state index in [-0.39, 0.29) is 18.9 Å². The number of anilines is 1. The van der Waals surface area contributed by atoms with E-state index < -0.39 is 11.8 Å². The summed E-state index contributed by atoms with van der Waals surface area (Å²) in [7, 11) is 0. The van der Waals surface area contributed by atoms with Gasteiger partial charge in [-0.25, -0.2) is 0 Å². The van der Waals surface area contributed by atoms with Crippen molar-refractivity contribution in [3.05, 3.63) is 28.2 Å². The molecule has 2 amide bonds. The third-order valence-corrected chi connectivity index (χ3v) is 3.60. The van der Waals surface area contributed by atoms with Gasteiger partial charge in [-0.05, 0) is 34.1 Å². The SMILES string of the molecule is N#Cc1cc(N2CC(C(N)=O)CC2=O)ccc1Br. The van der Waals surface area contributed by atoms with Gasteiger partial charge in [0.05, 0.1) is 11.5 Å². The molecule has 2 rings (SSSR count). The first-order chi connectivity index (χ1) is 8.52. The van der Waals surface area contributed by atoms with Crippen LogP contribution in [-0.4, -0.2) is 18.4 Å². The Hall–Kier alpha value is -1.87. The molecular weight excluding hydrogens is 298 g/mol. The van der Waals surface area contributed by atoms with Gasteiger partial charge in [-0.15, -0.1) is 0 Å². The lowest BCUT2D eigenvalue weighted by atomic mass is 10.1. The van der Waals surface area contributed by atoms with E-state index >= 15 is 0 Å². The van der Waals surface area contributed by atoms with Crippen molar-refractivity contribution in [2.24, 2.45) is 11.7 Å². The first-order valence-electron chi connectivity index (χ1n) is 5.32. The van der Waals surface area contributed by atoms with Gasteiger partial charge >= 0.3 is 0 Å². The fraction of sp³-hybridized carbons (Fsp3) is 0.250. The lowest BCUT2D eigenvalue weighted by Crippen LogP contribution is -2.28. The topological polar surface area (TPSA) is 87.2 Å². The number of carbonyl (C=O) groups excluding carboxylic acids is 2. The number of carbonyl (C=O) groups is 2. The Morgan fingerprint density at radius 3 is 2.83 bits per heavy atom. The van der Waals surface area contributed by atoms with Crippen LogP contribution < -0.4 is 10.6 Å². The molecule has 0 spiro atoms. The first kappa shape index (κ1) is 12.6. The van der Waals surface area contributed by atoms with Gasteiger partial charge < -0.3 is 10.6 Å². The van der Waals surface area contributed by atoms with Crippen LogP contribution in [0, 0.1) is 17.2 Å². The number of amides is 2. The molecule has 0 aliphatic carbocycles. The monoisotopic (exact) mass is 307 g/mol. The van der Waals surface area contributed by atoms with Crippen molar-refractivity contribution < 1.29 is 9.59 Å². The summed E-state index contributed by atoms with van der Waals surface area (Å²) >= 11 is 3.25. The van der Waals surface area contributed by atoms with Crippen LogP contribution in [-0.2, 0) is 9.59 Å². The van der Waals surface area contributed by atoms with Gasteiger partial charge in [-0.1, -0.05) is 0 Å². The molecule has 1 atom stereocenters. The normalized spacial score (nSPS) is 18.8. The van der Waals surface area contributed by atoms with E-state index in [1.807, 2.05) is 6.07 Å². The van der Waals surface area contributed by atoms with E-state index in [0.29, 0.717) is 15.7 Å². The van der Waals surface area contributed by atoms with Crippen LogP contribution in [0.1, 0.15) is 12.0 Å². The largest absolute Gasteiger partial charge is 0.369 e. The second kappa shape index (κ2) is 4.78. The molecule has 92 valence electrons. The summed E-state index contributed by atoms with van der Waals surface area (Å²) in [5.74, 6) is -1.07. The van der Waals surface area contributed by atoms with Gasteiger partial charge in [-0.2, -0.15) is 5.26 Å². The third kappa shape index (κ3) is 2.22. The van der Waals surface area contributed by atoms with Crippen LogP contribution in [0.2, 0.25) is 0 Å². The minimum absolute atomic E-state index is 0.132. The zero-order valence-electron chi connectivity index (χ0n) is 9.39. The number of nitrogens with zero attached hydrogens (tertiary/aromatic N) is 2. The summed E-state index contributed by atoms with van der Waals surface area (Å²) in [6.07, 6.45) is 0.132. The number of hydrogen-bond donors (Lipinski definition) is 1. The van der Waals surface area contributed by atoms with E-state index in [1.165, 1.54) is 4.90 Å². The highest BCUT2D eigenvalue weighted by atomic mass is 79.9. The maximum atomic E-state index is 11.8. The summed E-state index contributed by atoms with van der Waals surface area (Å²) in [4.78, 5) is 24.4. The van der Waals surface area contributed by atoms with Gasteiger partial charge in [0.15, 0.2) is 0 Å². The van der Waals surface area contributed by atoms with Gasteiger partial charge in [0, 0.05) is 23.1 Å². The molecule has 1 heterocycles. The molecule has 0 aromatic heterocycles. The molecule has 6 heteroatoms. The van der Waals surface area contributed by atoms with E-state index in [4.69, 9.17) is 11.0 Å². The smallest absolute Gasteiger partial charge is 0.227 e. The molecule has 1 aromatic rings. The highest BCUT2D eigenvalue weighted by Crippen LogP contribution is 2.28. The molecule has 1 aliphatic heterocycles. The summed E-state index contributed by atoms with van der Waals surface area (Å²) in [5.41, 5.74) is 6.26. The van der Waals surface area contributed by atoms with Crippen LogP contribution in [0.15, 0.2) is 22.7 Å². The van der Waals surface area contributed by atoms with E-state index in [9.17, 15) is 9.59 Å². The van der Waals surface area contributed by atoms with Crippen molar-refractivity contribution in [2.75, 3.05) is 11.4 Å². The number of halogens is 1. The Bertz CT molecular complexity index is 565. The third-order valence-electron chi connectivity index (χ3n) is 2.91. The molecule has 0 radical (unpaired) electrons. The molecular formula is C12H10BrN3O2. The number of hydrogen-bond acceptors (Lipinski definition) is 3. The Morgan fingerprint density at radius 1 is 1.56 bits per heavy atom. The number of nitriles is 1. The number of nitrogens with two attached hydrogens (primary N) is 1. The molecule has 0 saturated carbocycles. The molecule has 1 saturated heterocycles. The van der Waals surface area contributed by atoms with Crippen LogP contribution in [0.3, 0.4) is 0 Å². The second-order valence-corrected chi connectivity index (χ2v) is 4.94. The lowest BCUT2D eigenvalue weighted by molar-refractivity contribution is -0.123. The Kier molecular flexibility index (Phi) is 3.34. The fourth-order valence-electron chi connectivity index (χ4n) is 1.91. The highest BCUT2D eigenvalue weighted by molar-refractivity contribution is 9.10. The van der Waals surface area contributed by atoms with Gasteiger partial charge in [0.2, 0.25) is 11.8 Å². The van der Waals surface area contributed by atoms with E-state index in [1.54, 1.807) is 18.2 Å². The van der Waals surface area contributed by atoms with Gasteiger partial charge in [-0.3, -0.25) is 9.59 Å². The number of benzene rings is 1. The fourth-order valence-corrected chi connectivity index (χ4v) is 2.25. The minimum Gasteiger partial charge on any atom is -0.369 e. The number of rotatable bonds is 2. The standard InChI is InChI=1S/C12H10BrN3O2/c13-10-2-1-9(3-7(10)5-14)16-6-8(12(15)18)4-11(16)17/h1-3,8H,4,6H2,(H2,15,18). The predicted molar refractivity (Wildman–Crippen MR) is 68.5 cm³/mol. The molecule has 0 bridgehead atoms. The molecule has 18 heavy (non-hydrogen) atoms. The average molecular weight is 308 g/mol. The predicted octanol–water partition coefficient (Wildman–Crippen LogP) is 1.16. The summed E-state index contributed by atoms with van der Waals surface area (Å²) in [5, 5.41) is 8.93. The zero-order chi connectivity index (χ0) is 13.3.